The van der Waals surface area contributed by atoms with Crippen LogP contribution in [0.3, 0.4) is 0 Å². The van der Waals surface area contributed by atoms with Gasteiger partial charge in [0.15, 0.2) is 11.0 Å². The zero-order valence-electron chi connectivity index (χ0n) is 7.15. The van der Waals surface area contributed by atoms with Gasteiger partial charge in [-0.1, -0.05) is 17.7 Å². The van der Waals surface area contributed by atoms with Crippen LogP contribution < -0.4 is 0 Å². The van der Waals surface area contributed by atoms with Gasteiger partial charge in [-0.25, -0.2) is 4.21 Å². The molecule has 0 fully saturated rings. The zero-order valence-corrected chi connectivity index (χ0v) is 7.97. The fourth-order valence-electron chi connectivity index (χ4n) is 0.811. The van der Waals surface area contributed by atoms with E-state index in [0.29, 0.717) is 0 Å². The van der Waals surface area contributed by atoms with Gasteiger partial charge in [-0.05, 0) is 26.0 Å². The Balaban J connectivity index is 2.90. The molecule has 0 saturated heterocycles. The van der Waals surface area contributed by atoms with Crippen molar-refractivity contribution in [1.29, 1.82) is 0 Å². The molecule has 0 saturated carbocycles. The summed E-state index contributed by atoms with van der Waals surface area (Å²) in [5.41, 5.74) is 1.16. The molecule has 12 heavy (non-hydrogen) atoms. The van der Waals surface area contributed by atoms with Crippen molar-refractivity contribution in [2.75, 3.05) is 0 Å². The van der Waals surface area contributed by atoms with E-state index in [1.54, 1.807) is 13.1 Å². The fraction of sp³-hybridized carbons (Fsp3) is 0.222. The highest BCUT2D eigenvalue weighted by Gasteiger charge is 1.98. The van der Waals surface area contributed by atoms with Gasteiger partial charge in [-0.15, -0.1) is 0 Å². The monoisotopic (exact) mass is 181 g/mol. The Hall–Kier alpha value is -0.960. The first-order valence-corrected chi connectivity index (χ1v) is 4.82. The minimum Gasteiger partial charge on any atom is -0.230 e. The Morgan fingerprint density at radius 2 is 1.92 bits per heavy atom. The first-order valence-electron chi connectivity index (χ1n) is 3.71. The van der Waals surface area contributed by atoms with Crippen LogP contribution in [0.25, 0.3) is 0 Å². The van der Waals surface area contributed by atoms with E-state index in [2.05, 4.69) is 4.40 Å². The molecule has 2 nitrogen and oxygen atoms in total. The molecule has 0 radical (unpaired) electrons. The van der Waals surface area contributed by atoms with Crippen molar-refractivity contribution in [3.05, 3.63) is 29.8 Å². The molecule has 0 amide bonds. The number of rotatable bonds is 2. The predicted molar refractivity (Wildman–Crippen MR) is 51.8 cm³/mol. The van der Waals surface area contributed by atoms with E-state index in [1.165, 1.54) is 0 Å². The van der Waals surface area contributed by atoms with E-state index >= 15 is 0 Å². The van der Waals surface area contributed by atoms with Crippen LogP contribution in [0.1, 0.15) is 12.5 Å². The Labute approximate surface area is 74.9 Å². The van der Waals surface area contributed by atoms with Crippen molar-refractivity contribution < 1.29 is 4.21 Å². The maximum absolute atomic E-state index is 11.3. The molecule has 0 unspecified atom stereocenters. The number of nitrogens with zero attached hydrogens (tertiary/aromatic N) is 1. The third-order valence-electron chi connectivity index (χ3n) is 1.42. The molecule has 0 aliphatic heterocycles. The molecule has 0 aromatic heterocycles. The summed E-state index contributed by atoms with van der Waals surface area (Å²) >= 11 is 0. The first-order chi connectivity index (χ1) is 5.74. The van der Waals surface area contributed by atoms with E-state index in [0.717, 1.165) is 10.5 Å². The summed E-state index contributed by atoms with van der Waals surface area (Å²) in [6, 6.07) is 7.52. The molecule has 0 spiro atoms. The summed E-state index contributed by atoms with van der Waals surface area (Å²) in [4.78, 5) is 0.749. The Bertz CT molecular complexity index is 303. The van der Waals surface area contributed by atoms with Crippen LogP contribution in [0.5, 0.6) is 0 Å². The lowest BCUT2D eigenvalue weighted by Gasteiger charge is -1.95. The smallest absolute Gasteiger partial charge is 0.172 e. The standard InChI is InChI=1S/C9H11NOS/c1-3-10-12(11)9-6-4-8(2)5-7-9/h3-7H,1-2H3/t12-/m1/s1. The molecular formula is C9H11NOS. The van der Waals surface area contributed by atoms with Crippen molar-refractivity contribution >= 4 is 17.2 Å². The van der Waals surface area contributed by atoms with Crippen molar-refractivity contribution in [3.8, 4) is 0 Å². The summed E-state index contributed by atoms with van der Waals surface area (Å²) in [5.74, 6) is 0. The summed E-state index contributed by atoms with van der Waals surface area (Å²) < 4.78 is 15.0. The quantitative estimate of drug-likeness (QED) is 0.642. The molecule has 0 aliphatic carbocycles. The highest BCUT2D eigenvalue weighted by molar-refractivity contribution is 7.83. The van der Waals surface area contributed by atoms with Gasteiger partial charge in [0.1, 0.15) is 0 Å². The van der Waals surface area contributed by atoms with E-state index in [1.807, 2.05) is 31.2 Å². The predicted octanol–water partition coefficient (Wildman–Crippen LogP) is 2.11. The molecule has 0 N–H and O–H groups in total. The van der Waals surface area contributed by atoms with Crippen LogP contribution in [-0.2, 0) is 11.0 Å². The van der Waals surface area contributed by atoms with Gasteiger partial charge in [-0.3, -0.25) is 0 Å². The van der Waals surface area contributed by atoms with Crippen LogP contribution >= 0.6 is 0 Å². The van der Waals surface area contributed by atoms with Crippen LogP contribution in [0, 0.1) is 6.92 Å². The van der Waals surface area contributed by atoms with E-state index < -0.39 is 11.0 Å². The molecular weight excluding hydrogens is 170 g/mol. The maximum Gasteiger partial charge on any atom is 0.172 e. The minimum atomic E-state index is -1.22. The Morgan fingerprint density at radius 3 is 2.42 bits per heavy atom. The Morgan fingerprint density at radius 1 is 1.33 bits per heavy atom. The average Bonchev–Trinajstić information content (AvgIpc) is 2.06. The summed E-state index contributed by atoms with van der Waals surface area (Å²) in [5, 5.41) is 0. The van der Waals surface area contributed by atoms with Crippen molar-refractivity contribution in [2.24, 2.45) is 4.40 Å². The molecule has 1 aromatic rings. The van der Waals surface area contributed by atoms with E-state index in [-0.39, 0.29) is 0 Å². The highest BCUT2D eigenvalue weighted by Crippen LogP contribution is 2.08. The van der Waals surface area contributed by atoms with Crippen LogP contribution in [0.2, 0.25) is 0 Å². The lowest BCUT2D eigenvalue weighted by molar-refractivity contribution is 0.684. The second-order valence-corrected chi connectivity index (χ2v) is 3.61. The summed E-state index contributed by atoms with van der Waals surface area (Å²) in [6.45, 7) is 3.75. The van der Waals surface area contributed by atoms with E-state index in [9.17, 15) is 4.21 Å². The summed E-state index contributed by atoms with van der Waals surface area (Å²) in [7, 11) is -1.22. The van der Waals surface area contributed by atoms with Gasteiger partial charge in [0.05, 0.1) is 4.90 Å². The van der Waals surface area contributed by atoms with Gasteiger partial charge in [0.25, 0.3) is 0 Å². The van der Waals surface area contributed by atoms with Crippen LogP contribution in [-0.4, -0.2) is 10.4 Å². The van der Waals surface area contributed by atoms with Gasteiger partial charge < -0.3 is 0 Å². The third-order valence-corrected chi connectivity index (χ3v) is 2.50. The normalized spacial score (nSPS) is 13.5. The Kier molecular flexibility index (Phi) is 3.17. The molecule has 0 bridgehead atoms. The van der Waals surface area contributed by atoms with Crippen LogP contribution in [0.4, 0.5) is 0 Å². The second-order valence-electron chi connectivity index (χ2n) is 2.43. The summed E-state index contributed by atoms with van der Waals surface area (Å²) in [6.07, 6.45) is 1.55. The number of hydrogen-bond acceptors (Lipinski definition) is 1. The molecule has 64 valence electrons. The van der Waals surface area contributed by atoms with Gasteiger partial charge in [-0.2, -0.15) is 4.40 Å². The molecule has 3 heteroatoms. The minimum absolute atomic E-state index is 0.749. The van der Waals surface area contributed by atoms with Crippen LogP contribution in [0.15, 0.2) is 33.6 Å². The van der Waals surface area contributed by atoms with E-state index in [4.69, 9.17) is 0 Å². The molecule has 1 aromatic carbocycles. The number of benzene rings is 1. The highest BCUT2D eigenvalue weighted by atomic mass is 32.2. The zero-order chi connectivity index (χ0) is 8.97. The maximum atomic E-state index is 11.3. The largest absolute Gasteiger partial charge is 0.230 e. The lowest BCUT2D eigenvalue weighted by Crippen LogP contribution is -1.86. The van der Waals surface area contributed by atoms with Crippen molar-refractivity contribution in [2.45, 2.75) is 18.7 Å². The van der Waals surface area contributed by atoms with Gasteiger partial charge in [0.2, 0.25) is 0 Å². The molecule has 1 atom stereocenters. The van der Waals surface area contributed by atoms with Gasteiger partial charge >= 0.3 is 0 Å². The molecule has 0 aliphatic rings. The van der Waals surface area contributed by atoms with Crippen molar-refractivity contribution in [1.82, 2.24) is 0 Å². The number of hydrogen-bond donors (Lipinski definition) is 0. The lowest BCUT2D eigenvalue weighted by atomic mass is 10.2. The second kappa shape index (κ2) is 4.16. The molecule has 1 rings (SSSR count). The molecule has 0 heterocycles. The SMILES string of the molecule is CC=N[S@](=O)c1ccc(C)cc1. The fourth-order valence-corrected chi connectivity index (χ4v) is 1.49. The number of aryl methyl sites for hydroxylation is 1. The van der Waals surface area contributed by atoms with Gasteiger partial charge in [0, 0.05) is 6.21 Å². The van der Waals surface area contributed by atoms with Crippen molar-refractivity contribution in [3.63, 3.8) is 0 Å². The average molecular weight is 181 g/mol. The topological polar surface area (TPSA) is 29.4 Å². The third kappa shape index (κ3) is 2.27. The first kappa shape index (κ1) is 9.13.